The van der Waals surface area contributed by atoms with Gasteiger partial charge in [-0.15, -0.1) is 0 Å². The first-order valence-electron chi connectivity index (χ1n) is 4.77. The van der Waals surface area contributed by atoms with E-state index in [1.54, 1.807) is 0 Å². The summed E-state index contributed by atoms with van der Waals surface area (Å²) in [6.45, 7) is 12.4. The molecule has 0 spiro atoms. The SMILES string of the molecule is CC(C)CN1CCC[Si]1(C)C. The third-order valence-corrected chi connectivity index (χ3v) is 6.35. The quantitative estimate of drug-likeness (QED) is 0.577. The van der Waals surface area contributed by atoms with Crippen LogP contribution in [-0.2, 0) is 0 Å². The normalized spacial score (nSPS) is 24.8. The van der Waals surface area contributed by atoms with E-state index in [4.69, 9.17) is 0 Å². The van der Waals surface area contributed by atoms with Crippen LogP contribution in [0.1, 0.15) is 20.3 Å². The molecule has 0 aromatic rings. The Labute approximate surface area is 71.9 Å². The molecule has 0 aromatic heterocycles. The topological polar surface area (TPSA) is 3.24 Å². The van der Waals surface area contributed by atoms with E-state index < -0.39 is 8.24 Å². The number of rotatable bonds is 2. The summed E-state index contributed by atoms with van der Waals surface area (Å²) in [6.07, 6.45) is 1.45. The molecule has 1 aliphatic heterocycles. The van der Waals surface area contributed by atoms with Crippen molar-refractivity contribution in [3.8, 4) is 0 Å². The molecule has 11 heavy (non-hydrogen) atoms. The molecule has 0 N–H and O–H groups in total. The van der Waals surface area contributed by atoms with Gasteiger partial charge in [0.25, 0.3) is 0 Å². The van der Waals surface area contributed by atoms with Crippen LogP contribution < -0.4 is 0 Å². The van der Waals surface area contributed by atoms with Gasteiger partial charge in [-0.25, -0.2) is 0 Å². The lowest BCUT2D eigenvalue weighted by molar-refractivity contribution is 0.394. The van der Waals surface area contributed by atoms with Crippen LogP contribution in [-0.4, -0.2) is 25.9 Å². The van der Waals surface area contributed by atoms with Gasteiger partial charge in [0.05, 0.1) is 0 Å². The molecule has 0 bridgehead atoms. The summed E-state index contributed by atoms with van der Waals surface area (Å²) < 4.78 is 2.76. The minimum atomic E-state index is -0.899. The second kappa shape index (κ2) is 3.28. The highest BCUT2D eigenvalue weighted by Gasteiger charge is 2.33. The smallest absolute Gasteiger partial charge is 0.122 e. The fourth-order valence-corrected chi connectivity index (χ4v) is 4.90. The summed E-state index contributed by atoms with van der Waals surface area (Å²) in [5, 5.41) is 0. The Balaban J connectivity index is 2.45. The molecular weight excluding hydrogens is 150 g/mol. The first-order chi connectivity index (χ1) is 5.02. The monoisotopic (exact) mass is 171 g/mol. The molecule has 0 radical (unpaired) electrons. The van der Waals surface area contributed by atoms with Gasteiger partial charge in [-0.2, -0.15) is 0 Å². The molecule has 66 valence electrons. The minimum Gasteiger partial charge on any atom is -0.323 e. The van der Waals surface area contributed by atoms with Gasteiger partial charge < -0.3 is 4.57 Å². The van der Waals surface area contributed by atoms with Gasteiger partial charge in [-0.3, -0.25) is 0 Å². The highest BCUT2D eigenvalue weighted by molar-refractivity contribution is 6.75. The van der Waals surface area contributed by atoms with Crippen LogP contribution >= 0.6 is 0 Å². The zero-order chi connectivity index (χ0) is 8.48. The van der Waals surface area contributed by atoms with E-state index in [1.807, 2.05) is 0 Å². The molecule has 2 heteroatoms. The van der Waals surface area contributed by atoms with Gasteiger partial charge in [0, 0.05) is 0 Å². The lowest BCUT2D eigenvalue weighted by Gasteiger charge is -2.30. The van der Waals surface area contributed by atoms with E-state index in [0.29, 0.717) is 0 Å². The molecule has 0 unspecified atom stereocenters. The minimum absolute atomic E-state index is 0.847. The molecule has 0 saturated carbocycles. The third kappa shape index (κ3) is 2.31. The van der Waals surface area contributed by atoms with Crippen molar-refractivity contribution in [2.24, 2.45) is 5.92 Å². The van der Waals surface area contributed by atoms with E-state index in [-0.39, 0.29) is 0 Å². The van der Waals surface area contributed by atoms with E-state index in [9.17, 15) is 0 Å². The number of hydrogen-bond donors (Lipinski definition) is 0. The molecule has 1 aliphatic rings. The van der Waals surface area contributed by atoms with Crippen LogP contribution in [0.5, 0.6) is 0 Å². The van der Waals surface area contributed by atoms with Crippen molar-refractivity contribution in [2.45, 2.75) is 39.4 Å². The van der Waals surface area contributed by atoms with Crippen LogP contribution in [0.15, 0.2) is 0 Å². The average Bonchev–Trinajstić information content (AvgIpc) is 2.10. The molecule has 1 nitrogen and oxygen atoms in total. The Kier molecular flexibility index (Phi) is 2.76. The summed E-state index contributed by atoms with van der Waals surface area (Å²) in [5.74, 6) is 0.847. The highest BCUT2D eigenvalue weighted by atomic mass is 28.3. The van der Waals surface area contributed by atoms with Gasteiger partial charge in [0.2, 0.25) is 0 Å². The summed E-state index contributed by atoms with van der Waals surface area (Å²) in [7, 11) is -0.899. The van der Waals surface area contributed by atoms with Gasteiger partial charge >= 0.3 is 0 Å². The fourth-order valence-electron chi connectivity index (χ4n) is 1.94. The zero-order valence-electron chi connectivity index (χ0n) is 8.35. The van der Waals surface area contributed by atoms with Gasteiger partial charge in [-0.05, 0) is 31.5 Å². The van der Waals surface area contributed by atoms with Crippen LogP contribution in [0, 0.1) is 5.92 Å². The van der Waals surface area contributed by atoms with E-state index in [2.05, 4.69) is 31.5 Å². The second-order valence-corrected chi connectivity index (χ2v) is 9.51. The Morgan fingerprint density at radius 3 is 2.36 bits per heavy atom. The lowest BCUT2D eigenvalue weighted by atomic mass is 10.2. The summed E-state index contributed by atoms with van der Waals surface area (Å²) >= 11 is 0. The van der Waals surface area contributed by atoms with E-state index >= 15 is 0 Å². The largest absolute Gasteiger partial charge is 0.323 e. The Morgan fingerprint density at radius 1 is 1.36 bits per heavy atom. The zero-order valence-corrected chi connectivity index (χ0v) is 9.35. The van der Waals surface area contributed by atoms with Gasteiger partial charge in [0.1, 0.15) is 8.24 Å². The maximum absolute atomic E-state index is 2.76. The van der Waals surface area contributed by atoms with Crippen molar-refractivity contribution < 1.29 is 0 Å². The molecule has 0 atom stereocenters. The van der Waals surface area contributed by atoms with E-state index in [1.165, 1.54) is 25.6 Å². The van der Waals surface area contributed by atoms with Crippen molar-refractivity contribution >= 4 is 8.24 Å². The first-order valence-corrected chi connectivity index (χ1v) is 7.93. The van der Waals surface area contributed by atoms with Gasteiger partial charge in [0.15, 0.2) is 0 Å². The van der Waals surface area contributed by atoms with Crippen LogP contribution in [0.25, 0.3) is 0 Å². The predicted molar refractivity (Wildman–Crippen MR) is 53.3 cm³/mol. The molecule has 1 heterocycles. The van der Waals surface area contributed by atoms with Crippen molar-refractivity contribution in [3.05, 3.63) is 0 Å². The number of nitrogens with zero attached hydrogens (tertiary/aromatic N) is 1. The molecule has 1 rings (SSSR count). The molecule has 0 amide bonds. The van der Waals surface area contributed by atoms with Crippen molar-refractivity contribution in [1.29, 1.82) is 0 Å². The maximum Gasteiger partial charge on any atom is 0.122 e. The molecular formula is C9H21NSi. The average molecular weight is 171 g/mol. The van der Waals surface area contributed by atoms with Crippen molar-refractivity contribution in [2.75, 3.05) is 13.1 Å². The Bertz CT molecular complexity index is 132. The molecule has 1 saturated heterocycles. The molecule has 1 fully saturated rings. The highest BCUT2D eigenvalue weighted by Crippen LogP contribution is 2.25. The third-order valence-electron chi connectivity index (χ3n) is 2.66. The second-order valence-electron chi connectivity index (χ2n) is 4.76. The fraction of sp³-hybridized carbons (Fsp3) is 1.00. The van der Waals surface area contributed by atoms with Crippen LogP contribution in [0.4, 0.5) is 0 Å². The van der Waals surface area contributed by atoms with Gasteiger partial charge in [-0.1, -0.05) is 26.9 Å². The predicted octanol–water partition coefficient (Wildman–Crippen LogP) is 2.55. The Morgan fingerprint density at radius 2 is 2.00 bits per heavy atom. The van der Waals surface area contributed by atoms with Crippen LogP contribution in [0.3, 0.4) is 0 Å². The Hall–Kier alpha value is 0.177. The number of hydrogen-bond acceptors (Lipinski definition) is 1. The standard InChI is InChI=1S/C9H21NSi/c1-9(2)8-10-6-5-7-11(10,3)4/h9H,5-8H2,1-4H3. The maximum atomic E-state index is 2.76. The van der Waals surface area contributed by atoms with Crippen molar-refractivity contribution in [1.82, 2.24) is 4.57 Å². The lowest BCUT2D eigenvalue weighted by Crippen LogP contribution is -2.44. The summed E-state index contributed by atoms with van der Waals surface area (Å²) in [4.78, 5) is 0. The molecule has 0 aliphatic carbocycles. The van der Waals surface area contributed by atoms with Crippen molar-refractivity contribution in [3.63, 3.8) is 0 Å². The first kappa shape index (κ1) is 9.27. The summed E-state index contributed by atoms with van der Waals surface area (Å²) in [6, 6.07) is 1.51. The molecule has 0 aromatic carbocycles. The van der Waals surface area contributed by atoms with E-state index in [0.717, 1.165) is 5.92 Å². The van der Waals surface area contributed by atoms with Crippen LogP contribution in [0.2, 0.25) is 19.1 Å². The summed E-state index contributed by atoms with van der Waals surface area (Å²) in [5.41, 5.74) is 0.